The second kappa shape index (κ2) is 3.45. The van der Waals surface area contributed by atoms with Crippen molar-refractivity contribution in [2.24, 2.45) is 0 Å². The number of β-amino-alcohol motifs (C(OH)–C–C–N with tert-alkyl or cyclic N) is 2. The first-order valence-corrected chi connectivity index (χ1v) is 4.22. The number of aliphatic hydroxyl groups is 2. The van der Waals surface area contributed by atoms with E-state index in [9.17, 15) is 10.2 Å². The molecule has 1 fully saturated rings. The minimum absolute atomic E-state index is 0.506. The van der Waals surface area contributed by atoms with Crippen LogP contribution in [0.1, 0.15) is 5.56 Å². The fourth-order valence-electron chi connectivity index (χ4n) is 1.54. The van der Waals surface area contributed by atoms with Crippen LogP contribution in [0.5, 0.6) is 0 Å². The van der Waals surface area contributed by atoms with Crippen molar-refractivity contribution in [3.05, 3.63) is 18.0 Å². The summed E-state index contributed by atoms with van der Waals surface area (Å²) in [6.45, 7) is 1.68. The molecule has 72 valence electrons. The molecule has 0 aliphatic carbocycles. The molecule has 1 saturated heterocycles. The quantitative estimate of drug-likeness (QED) is 0.630. The molecule has 0 saturated carbocycles. The van der Waals surface area contributed by atoms with Crippen LogP contribution in [0.15, 0.2) is 17.0 Å². The van der Waals surface area contributed by atoms with Gasteiger partial charge in [-0.15, -0.1) is 0 Å². The van der Waals surface area contributed by atoms with Gasteiger partial charge in [-0.25, -0.2) is 0 Å². The number of nitrogens with zero attached hydrogens (tertiary/aromatic N) is 2. The van der Waals surface area contributed by atoms with Gasteiger partial charge in [0.05, 0.1) is 18.4 Å². The molecule has 0 amide bonds. The molecule has 0 aromatic carbocycles. The number of aliphatic hydroxyl groups excluding tert-OH is 2. The van der Waals surface area contributed by atoms with Crippen LogP contribution < -0.4 is 0 Å². The highest BCUT2D eigenvalue weighted by molar-refractivity contribution is 5.01. The Bertz CT molecular complexity index is 252. The van der Waals surface area contributed by atoms with Crippen molar-refractivity contribution in [2.75, 3.05) is 13.1 Å². The van der Waals surface area contributed by atoms with Crippen LogP contribution in [0.3, 0.4) is 0 Å². The Kier molecular flexibility index (Phi) is 2.30. The average Bonchev–Trinajstić information content (AvgIpc) is 2.64. The summed E-state index contributed by atoms with van der Waals surface area (Å²) in [6, 6.07) is 0. The smallest absolute Gasteiger partial charge is 0.128 e. The molecule has 1 aliphatic heterocycles. The van der Waals surface area contributed by atoms with Gasteiger partial charge in [-0.3, -0.25) is 4.90 Å². The molecule has 5 nitrogen and oxygen atoms in total. The predicted molar refractivity (Wildman–Crippen MR) is 43.8 cm³/mol. The normalized spacial score (nSPS) is 29.7. The lowest BCUT2D eigenvalue weighted by Gasteiger charge is -2.11. The van der Waals surface area contributed by atoms with Crippen LogP contribution >= 0.6 is 0 Å². The Morgan fingerprint density at radius 2 is 2.15 bits per heavy atom. The molecule has 2 N–H and O–H groups in total. The van der Waals surface area contributed by atoms with Crippen molar-refractivity contribution >= 4 is 0 Å². The van der Waals surface area contributed by atoms with Gasteiger partial charge < -0.3 is 14.7 Å². The van der Waals surface area contributed by atoms with Crippen LogP contribution in [-0.4, -0.2) is 45.6 Å². The molecule has 1 aromatic rings. The Morgan fingerprint density at radius 3 is 2.69 bits per heavy atom. The van der Waals surface area contributed by atoms with Gasteiger partial charge in [0.15, 0.2) is 0 Å². The molecule has 13 heavy (non-hydrogen) atoms. The molecule has 2 heterocycles. The summed E-state index contributed by atoms with van der Waals surface area (Å²) in [4.78, 5) is 1.96. The number of hydrogen-bond acceptors (Lipinski definition) is 5. The van der Waals surface area contributed by atoms with Gasteiger partial charge >= 0.3 is 0 Å². The maximum Gasteiger partial charge on any atom is 0.128 e. The van der Waals surface area contributed by atoms with E-state index >= 15 is 0 Å². The molecule has 0 bridgehead atoms. The van der Waals surface area contributed by atoms with Crippen molar-refractivity contribution in [3.8, 4) is 0 Å². The second-order valence-electron chi connectivity index (χ2n) is 3.36. The minimum atomic E-state index is -0.625. The van der Waals surface area contributed by atoms with Crippen LogP contribution in [-0.2, 0) is 6.54 Å². The number of hydrogen-bond donors (Lipinski definition) is 2. The SMILES string of the molecule is O[C@@H]1CN(Cc2cnoc2)C[C@@H]1O. The number of aromatic nitrogens is 1. The van der Waals surface area contributed by atoms with Gasteiger partial charge in [-0.1, -0.05) is 5.16 Å². The van der Waals surface area contributed by atoms with E-state index in [4.69, 9.17) is 0 Å². The highest BCUT2D eigenvalue weighted by Crippen LogP contribution is 2.13. The van der Waals surface area contributed by atoms with Crippen LogP contribution in [0.25, 0.3) is 0 Å². The molecule has 0 radical (unpaired) electrons. The van der Waals surface area contributed by atoms with E-state index in [0.29, 0.717) is 19.6 Å². The third kappa shape index (κ3) is 1.88. The Labute approximate surface area is 75.6 Å². The van der Waals surface area contributed by atoms with Crippen LogP contribution in [0, 0.1) is 0 Å². The zero-order valence-electron chi connectivity index (χ0n) is 7.13. The van der Waals surface area contributed by atoms with Crippen molar-refractivity contribution in [1.82, 2.24) is 10.1 Å². The summed E-state index contributed by atoms with van der Waals surface area (Å²) in [6.07, 6.45) is 1.95. The molecule has 2 rings (SSSR count). The first-order chi connectivity index (χ1) is 6.25. The summed E-state index contributed by atoms with van der Waals surface area (Å²) in [7, 11) is 0. The third-order valence-corrected chi connectivity index (χ3v) is 2.22. The highest BCUT2D eigenvalue weighted by Gasteiger charge is 2.29. The van der Waals surface area contributed by atoms with Gasteiger partial charge in [-0.05, 0) is 0 Å². The highest BCUT2D eigenvalue weighted by atomic mass is 16.5. The van der Waals surface area contributed by atoms with E-state index in [1.807, 2.05) is 4.90 Å². The van der Waals surface area contributed by atoms with Gasteiger partial charge in [-0.2, -0.15) is 0 Å². The zero-order chi connectivity index (χ0) is 9.26. The topological polar surface area (TPSA) is 69.7 Å². The monoisotopic (exact) mass is 184 g/mol. The predicted octanol–water partition coefficient (Wildman–Crippen LogP) is -0.788. The fraction of sp³-hybridized carbons (Fsp3) is 0.625. The molecule has 1 aliphatic rings. The van der Waals surface area contributed by atoms with E-state index in [1.165, 1.54) is 0 Å². The van der Waals surface area contributed by atoms with E-state index in [2.05, 4.69) is 9.68 Å². The first kappa shape index (κ1) is 8.68. The molecule has 1 aromatic heterocycles. The summed E-state index contributed by atoms with van der Waals surface area (Å²) in [5.74, 6) is 0. The largest absolute Gasteiger partial charge is 0.389 e. The summed E-state index contributed by atoms with van der Waals surface area (Å²) >= 11 is 0. The van der Waals surface area contributed by atoms with Crippen molar-refractivity contribution in [1.29, 1.82) is 0 Å². The molecular formula is C8H12N2O3. The van der Waals surface area contributed by atoms with Crippen LogP contribution in [0.4, 0.5) is 0 Å². The molecule has 0 unspecified atom stereocenters. The van der Waals surface area contributed by atoms with E-state index < -0.39 is 12.2 Å². The maximum atomic E-state index is 9.27. The van der Waals surface area contributed by atoms with Crippen molar-refractivity contribution < 1.29 is 14.7 Å². The summed E-state index contributed by atoms with van der Waals surface area (Å²) < 4.78 is 4.68. The van der Waals surface area contributed by atoms with E-state index in [0.717, 1.165) is 5.56 Å². The summed E-state index contributed by atoms with van der Waals surface area (Å²) in [5, 5.41) is 22.1. The Hall–Kier alpha value is -0.910. The number of likely N-dealkylation sites (tertiary alicyclic amines) is 1. The molecule has 5 heteroatoms. The van der Waals surface area contributed by atoms with Crippen molar-refractivity contribution in [2.45, 2.75) is 18.8 Å². The standard InChI is InChI=1S/C8H12N2O3/c11-7-3-10(4-8(7)12)2-6-1-9-13-5-6/h1,5,7-8,11-12H,2-4H2/t7-,8+. The Morgan fingerprint density at radius 1 is 1.46 bits per heavy atom. The summed E-state index contributed by atoms with van der Waals surface area (Å²) in [5.41, 5.74) is 0.960. The van der Waals surface area contributed by atoms with Crippen molar-refractivity contribution in [3.63, 3.8) is 0 Å². The van der Waals surface area contributed by atoms with Gasteiger partial charge in [0.25, 0.3) is 0 Å². The minimum Gasteiger partial charge on any atom is -0.389 e. The fourth-order valence-corrected chi connectivity index (χ4v) is 1.54. The van der Waals surface area contributed by atoms with Gasteiger partial charge in [0, 0.05) is 25.2 Å². The lowest BCUT2D eigenvalue weighted by molar-refractivity contribution is 0.0572. The van der Waals surface area contributed by atoms with Crippen LogP contribution in [0.2, 0.25) is 0 Å². The zero-order valence-corrected chi connectivity index (χ0v) is 7.13. The first-order valence-electron chi connectivity index (χ1n) is 4.22. The molecular weight excluding hydrogens is 172 g/mol. The van der Waals surface area contributed by atoms with E-state index in [-0.39, 0.29) is 0 Å². The van der Waals surface area contributed by atoms with Gasteiger partial charge in [0.1, 0.15) is 6.26 Å². The lowest BCUT2D eigenvalue weighted by atomic mass is 10.3. The Balaban J connectivity index is 1.91. The van der Waals surface area contributed by atoms with E-state index in [1.54, 1.807) is 12.5 Å². The number of rotatable bonds is 2. The molecule has 2 atom stereocenters. The maximum absolute atomic E-state index is 9.27. The molecule has 0 spiro atoms. The second-order valence-corrected chi connectivity index (χ2v) is 3.36. The van der Waals surface area contributed by atoms with Gasteiger partial charge in [0.2, 0.25) is 0 Å². The third-order valence-electron chi connectivity index (χ3n) is 2.22. The lowest BCUT2D eigenvalue weighted by Crippen LogP contribution is -2.22. The average molecular weight is 184 g/mol.